The molecule has 0 aliphatic rings. The Balaban J connectivity index is 0.000000336. The van der Waals surface area contributed by atoms with Crippen molar-refractivity contribution in [1.82, 2.24) is 9.97 Å². The van der Waals surface area contributed by atoms with Crippen molar-refractivity contribution < 1.29 is 0 Å². The number of nitrogens with zero attached hydrogens (tertiary/aromatic N) is 1. The minimum absolute atomic E-state index is 0.972. The molecular weight excluding hydrogens is 148 g/mol. The Hall–Kier alpha value is -1.31. The molecule has 2 heteroatoms. The fraction of sp³-hybridized carbons (Fsp3) is 0.300. The monoisotopic (exact) mass is 162 g/mol. The average Bonchev–Trinajstić information content (AvgIpc) is 2.57. The Morgan fingerprint density at radius 1 is 1.25 bits per heavy atom. The van der Waals surface area contributed by atoms with Gasteiger partial charge in [-0.2, -0.15) is 0 Å². The maximum Gasteiger partial charge on any atom is 0.137 e. The summed E-state index contributed by atoms with van der Waals surface area (Å²) in [6, 6.07) is 4.05. The second-order valence-corrected chi connectivity index (χ2v) is 2.37. The van der Waals surface area contributed by atoms with Gasteiger partial charge in [0.15, 0.2) is 0 Å². The predicted octanol–water partition coefficient (Wildman–Crippen LogP) is 2.90. The van der Waals surface area contributed by atoms with E-state index in [1.807, 2.05) is 38.4 Å². The van der Waals surface area contributed by atoms with Crippen molar-refractivity contribution in [2.75, 3.05) is 0 Å². The summed E-state index contributed by atoms with van der Waals surface area (Å²) in [5.74, 6) is 0. The van der Waals surface area contributed by atoms with Gasteiger partial charge in [-0.05, 0) is 24.6 Å². The van der Waals surface area contributed by atoms with Gasteiger partial charge in [-0.1, -0.05) is 13.8 Å². The number of fused-ring (bicyclic) bond motifs is 1. The molecule has 0 unspecified atom stereocenters. The molecule has 1 N–H and O–H groups in total. The molecule has 0 atom stereocenters. The molecule has 64 valence electrons. The Kier molecular flexibility index (Phi) is 2.86. The summed E-state index contributed by atoms with van der Waals surface area (Å²) >= 11 is 0. The molecular formula is C10H14N2. The molecule has 0 bridgehead atoms. The summed E-state index contributed by atoms with van der Waals surface area (Å²) in [5.41, 5.74) is 2.24. The maximum atomic E-state index is 4.15. The lowest BCUT2D eigenvalue weighted by atomic mass is 10.2. The summed E-state index contributed by atoms with van der Waals surface area (Å²) in [6.45, 7) is 6.08. The lowest BCUT2D eigenvalue weighted by molar-refractivity contribution is 1.31. The number of H-pyrrole nitrogens is 1. The molecule has 0 spiro atoms. The van der Waals surface area contributed by atoms with E-state index < -0.39 is 0 Å². The van der Waals surface area contributed by atoms with Crippen molar-refractivity contribution in [2.24, 2.45) is 0 Å². The molecule has 0 radical (unpaired) electrons. The zero-order chi connectivity index (χ0) is 8.97. The molecule has 0 saturated carbocycles. The van der Waals surface area contributed by atoms with E-state index in [1.54, 1.807) is 0 Å². The summed E-state index contributed by atoms with van der Waals surface area (Å²) in [6.07, 6.45) is 3.72. The highest BCUT2D eigenvalue weighted by Crippen LogP contribution is 2.12. The van der Waals surface area contributed by atoms with Crippen LogP contribution in [0.1, 0.15) is 19.4 Å². The number of pyridine rings is 1. The molecule has 0 aromatic carbocycles. The lowest BCUT2D eigenvalue weighted by Gasteiger charge is -1.91. The summed E-state index contributed by atoms with van der Waals surface area (Å²) < 4.78 is 0. The quantitative estimate of drug-likeness (QED) is 0.634. The van der Waals surface area contributed by atoms with Gasteiger partial charge in [0.1, 0.15) is 5.65 Å². The van der Waals surface area contributed by atoms with E-state index >= 15 is 0 Å². The van der Waals surface area contributed by atoms with Gasteiger partial charge in [-0.25, -0.2) is 4.98 Å². The van der Waals surface area contributed by atoms with Crippen molar-refractivity contribution in [2.45, 2.75) is 20.8 Å². The highest BCUT2D eigenvalue weighted by molar-refractivity contribution is 5.78. The van der Waals surface area contributed by atoms with E-state index in [0.717, 1.165) is 5.65 Å². The van der Waals surface area contributed by atoms with Crippen LogP contribution in [0.3, 0.4) is 0 Å². The van der Waals surface area contributed by atoms with Crippen LogP contribution in [-0.2, 0) is 0 Å². The van der Waals surface area contributed by atoms with Gasteiger partial charge in [0, 0.05) is 17.8 Å². The van der Waals surface area contributed by atoms with E-state index in [0.29, 0.717) is 0 Å². The van der Waals surface area contributed by atoms with E-state index in [9.17, 15) is 0 Å². The van der Waals surface area contributed by atoms with Crippen LogP contribution in [-0.4, -0.2) is 9.97 Å². The third-order valence-electron chi connectivity index (χ3n) is 1.68. The minimum atomic E-state index is 0.972. The Bertz CT molecular complexity index is 349. The van der Waals surface area contributed by atoms with E-state index in [4.69, 9.17) is 0 Å². The van der Waals surface area contributed by atoms with Gasteiger partial charge in [0.25, 0.3) is 0 Å². The average molecular weight is 162 g/mol. The van der Waals surface area contributed by atoms with Crippen LogP contribution >= 0.6 is 0 Å². The van der Waals surface area contributed by atoms with E-state index in [-0.39, 0.29) is 0 Å². The maximum absolute atomic E-state index is 4.15. The first kappa shape index (κ1) is 8.78. The third kappa shape index (κ3) is 1.47. The van der Waals surface area contributed by atoms with Gasteiger partial charge in [0.05, 0.1) is 0 Å². The first-order chi connectivity index (χ1) is 5.88. The zero-order valence-corrected chi connectivity index (χ0v) is 7.76. The third-order valence-corrected chi connectivity index (χ3v) is 1.68. The number of aryl methyl sites for hydroxylation is 1. The smallest absolute Gasteiger partial charge is 0.137 e. The predicted molar refractivity (Wildman–Crippen MR) is 52.2 cm³/mol. The van der Waals surface area contributed by atoms with Crippen LogP contribution < -0.4 is 0 Å². The standard InChI is InChI=1S/C8H8N2.C2H6/c1-6-2-4-9-8-7(6)3-5-10-8;1-2/h2-5H,1H3,(H,9,10);1-2H3. The normalized spacial score (nSPS) is 9.25. The molecule has 12 heavy (non-hydrogen) atoms. The van der Waals surface area contributed by atoms with Crippen molar-refractivity contribution in [3.63, 3.8) is 0 Å². The Morgan fingerprint density at radius 3 is 2.67 bits per heavy atom. The molecule has 2 nitrogen and oxygen atoms in total. The summed E-state index contributed by atoms with van der Waals surface area (Å²) in [4.78, 5) is 7.20. The van der Waals surface area contributed by atoms with Gasteiger partial charge < -0.3 is 4.98 Å². The molecule has 2 aromatic rings. The summed E-state index contributed by atoms with van der Waals surface area (Å²) in [7, 11) is 0. The van der Waals surface area contributed by atoms with Gasteiger partial charge in [-0.3, -0.25) is 0 Å². The lowest BCUT2D eigenvalue weighted by Crippen LogP contribution is -1.77. The number of aromatic nitrogens is 2. The topological polar surface area (TPSA) is 28.7 Å². The number of rotatable bonds is 0. The first-order valence-corrected chi connectivity index (χ1v) is 4.26. The van der Waals surface area contributed by atoms with Crippen molar-refractivity contribution in [3.05, 3.63) is 30.1 Å². The first-order valence-electron chi connectivity index (χ1n) is 4.26. The minimum Gasteiger partial charge on any atom is -0.346 e. The number of nitrogens with one attached hydrogen (secondary N) is 1. The van der Waals surface area contributed by atoms with Crippen LogP contribution in [0.25, 0.3) is 11.0 Å². The second kappa shape index (κ2) is 3.90. The number of hydrogen-bond acceptors (Lipinski definition) is 1. The van der Waals surface area contributed by atoms with Crippen molar-refractivity contribution in [3.8, 4) is 0 Å². The van der Waals surface area contributed by atoms with Crippen LogP contribution in [0.5, 0.6) is 0 Å². The van der Waals surface area contributed by atoms with Crippen LogP contribution in [0, 0.1) is 6.92 Å². The molecule has 0 aliphatic heterocycles. The molecule has 0 aliphatic carbocycles. The van der Waals surface area contributed by atoms with E-state index in [2.05, 4.69) is 16.9 Å². The Labute approximate surface area is 72.6 Å². The molecule has 2 rings (SSSR count). The highest BCUT2D eigenvalue weighted by Gasteiger charge is 1.95. The Morgan fingerprint density at radius 2 is 2.00 bits per heavy atom. The van der Waals surface area contributed by atoms with Crippen LogP contribution in [0.4, 0.5) is 0 Å². The van der Waals surface area contributed by atoms with Crippen LogP contribution in [0.2, 0.25) is 0 Å². The number of aromatic amines is 1. The summed E-state index contributed by atoms with van der Waals surface area (Å²) in [5, 5.41) is 1.21. The SMILES string of the molecule is CC.Cc1ccnc2[nH]ccc12. The molecule has 0 amide bonds. The number of hydrogen-bond donors (Lipinski definition) is 1. The van der Waals surface area contributed by atoms with Crippen LogP contribution in [0.15, 0.2) is 24.5 Å². The molecule has 2 heterocycles. The highest BCUT2D eigenvalue weighted by atomic mass is 14.8. The largest absolute Gasteiger partial charge is 0.346 e. The second-order valence-electron chi connectivity index (χ2n) is 2.37. The molecule has 0 saturated heterocycles. The molecule has 0 fully saturated rings. The fourth-order valence-corrected chi connectivity index (χ4v) is 1.10. The fourth-order valence-electron chi connectivity index (χ4n) is 1.10. The van der Waals surface area contributed by atoms with E-state index in [1.165, 1.54) is 10.9 Å². The van der Waals surface area contributed by atoms with Gasteiger partial charge in [0.2, 0.25) is 0 Å². The van der Waals surface area contributed by atoms with Crippen molar-refractivity contribution >= 4 is 11.0 Å². The van der Waals surface area contributed by atoms with Crippen molar-refractivity contribution in [1.29, 1.82) is 0 Å². The molecule has 2 aromatic heterocycles. The van der Waals surface area contributed by atoms with Gasteiger partial charge >= 0.3 is 0 Å². The van der Waals surface area contributed by atoms with Gasteiger partial charge in [-0.15, -0.1) is 0 Å². The zero-order valence-electron chi connectivity index (χ0n) is 7.76.